The quantitative estimate of drug-likeness (QED) is 0.831. The Morgan fingerprint density at radius 3 is 2.89 bits per heavy atom. The van der Waals surface area contributed by atoms with Crippen LogP contribution in [0.5, 0.6) is 0 Å². The second kappa shape index (κ2) is 5.32. The standard InChI is InChI=1S/C12H19N5S/c1-13-12-15-9-3-2-8-18-10(9)11(16-12)17-6-4-14-5-7-17/h14H,2-8H2,1H3,(H,13,15,16). The van der Waals surface area contributed by atoms with Crippen molar-refractivity contribution in [3.05, 3.63) is 5.69 Å². The molecule has 2 aliphatic heterocycles. The van der Waals surface area contributed by atoms with Gasteiger partial charge in [-0.25, -0.2) is 4.98 Å². The highest BCUT2D eigenvalue weighted by molar-refractivity contribution is 7.99. The molecule has 0 unspecified atom stereocenters. The van der Waals surface area contributed by atoms with Crippen LogP contribution >= 0.6 is 11.8 Å². The van der Waals surface area contributed by atoms with Gasteiger partial charge in [0.1, 0.15) is 5.82 Å². The number of nitrogens with one attached hydrogen (secondary N) is 2. The number of aromatic nitrogens is 2. The normalized spacial score (nSPS) is 19.5. The first-order chi connectivity index (χ1) is 8.88. The van der Waals surface area contributed by atoms with Crippen LogP contribution < -0.4 is 15.5 Å². The van der Waals surface area contributed by atoms with Gasteiger partial charge in [0.05, 0.1) is 10.6 Å². The molecular weight excluding hydrogens is 246 g/mol. The van der Waals surface area contributed by atoms with E-state index in [0.29, 0.717) is 0 Å². The van der Waals surface area contributed by atoms with Crippen LogP contribution in [0.15, 0.2) is 4.90 Å². The van der Waals surface area contributed by atoms with Crippen LogP contribution in [0.4, 0.5) is 11.8 Å². The minimum Gasteiger partial charge on any atom is -0.357 e. The maximum Gasteiger partial charge on any atom is 0.224 e. The minimum atomic E-state index is 0.754. The molecule has 0 radical (unpaired) electrons. The summed E-state index contributed by atoms with van der Waals surface area (Å²) in [4.78, 5) is 13.0. The molecule has 0 atom stereocenters. The van der Waals surface area contributed by atoms with Gasteiger partial charge in [-0.1, -0.05) is 0 Å². The number of hydrogen-bond donors (Lipinski definition) is 2. The Labute approximate surface area is 112 Å². The zero-order valence-corrected chi connectivity index (χ0v) is 11.5. The average molecular weight is 265 g/mol. The number of fused-ring (bicyclic) bond motifs is 1. The summed E-state index contributed by atoms with van der Waals surface area (Å²) in [6.07, 6.45) is 2.30. The van der Waals surface area contributed by atoms with Gasteiger partial charge < -0.3 is 15.5 Å². The van der Waals surface area contributed by atoms with E-state index in [2.05, 4.69) is 25.5 Å². The molecule has 5 nitrogen and oxygen atoms in total. The van der Waals surface area contributed by atoms with Gasteiger partial charge in [0, 0.05) is 33.2 Å². The van der Waals surface area contributed by atoms with Crippen LogP contribution in [0.2, 0.25) is 0 Å². The molecular formula is C12H19N5S. The van der Waals surface area contributed by atoms with Crippen molar-refractivity contribution in [3.8, 4) is 0 Å². The monoisotopic (exact) mass is 265 g/mol. The van der Waals surface area contributed by atoms with Gasteiger partial charge in [-0.3, -0.25) is 0 Å². The van der Waals surface area contributed by atoms with Gasteiger partial charge in [0.25, 0.3) is 0 Å². The third-order valence-corrected chi connectivity index (χ3v) is 4.56. The molecule has 98 valence electrons. The second-order valence-corrected chi connectivity index (χ2v) is 5.69. The zero-order chi connectivity index (χ0) is 12.4. The van der Waals surface area contributed by atoms with Crippen LogP contribution in [-0.2, 0) is 6.42 Å². The first-order valence-corrected chi connectivity index (χ1v) is 7.54. The Balaban J connectivity index is 1.99. The highest BCUT2D eigenvalue weighted by atomic mass is 32.2. The van der Waals surface area contributed by atoms with E-state index < -0.39 is 0 Å². The molecule has 0 spiro atoms. The fraction of sp³-hybridized carbons (Fsp3) is 0.667. The Kier molecular flexibility index (Phi) is 3.56. The molecule has 0 aromatic carbocycles. The second-order valence-electron chi connectivity index (χ2n) is 4.59. The lowest BCUT2D eigenvalue weighted by atomic mass is 10.2. The summed E-state index contributed by atoms with van der Waals surface area (Å²) in [5.74, 6) is 3.08. The molecule has 18 heavy (non-hydrogen) atoms. The number of piperazine rings is 1. The van der Waals surface area contributed by atoms with Gasteiger partial charge in [0.15, 0.2) is 0 Å². The van der Waals surface area contributed by atoms with E-state index in [0.717, 1.165) is 44.4 Å². The third-order valence-electron chi connectivity index (χ3n) is 3.36. The first-order valence-electron chi connectivity index (χ1n) is 6.55. The topological polar surface area (TPSA) is 53.1 Å². The van der Waals surface area contributed by atoms with E-state index in [1.165, 1.54) is 22.8 Å². The van der Waals surface area contributed by atoms with Gasteiger partial charge >= 0.3 is 0 Å². The van der Waals surface area contributed by atoms with Crippen LogP contribution in [-0.4, -0.2) is 48.9 Å². The predicted molar refractivity (Wildman–Crippen MR) is 75.7 cm³/mol. The van der Waals surface area contributed by atoms with Gasteiger partial charge in [0.2, 0.25) is 5.95 Å². The number of anilines is 2. The van der Waals surface area contributed by atoms with Crippen LogP contribution in [0, 0.1) is 0 Å². The molecule has 6 heteroatoms. The largest absolute Gasteiger partial charge is 0.357 e. The summed E-state index contributed by atoms with van der Waals surface area (Å²) in [6, 6.07) is 0. The number of nitrogens with zero attached hydrogens (tertiary/aromatic N) is 3. The molecule has 0 amide bonds. The first kappa shape index (κ1) is 12.0. The zero-order valence-electron chi connectivity index (χ0n) is 10.7. The van der Waals surface area contributed by atoms with E-state index in [1.807, 2.05) is 18.8 Å². The fourth-order valence-electron chi connectivity index (χ4n) is 2.42. The van der Waals surface area contributed by atoms with Crippen molar-refractivity contribution in [2.24, 2.45) is 0 Å². The van der Waals surface area contributed by atoms with E-state index in [9.17, 15) is 0 Å². The molecule has 2 aliphatic rings. The molecule has 1 aromatic rings. The Morgan fingerprint density at radius 2 is 2.11 bits per heavy atom. The maximum absolute atomic E-state index is 4.68. The van der Waals surface area contributed by atoms with Crippen molar-refractivity contribution in [3.63, 3.8) is 0 Å². The molecule has 1 fully saturated rings. The van der Waals surface area contributed by atoms with Crippen molar-refractivity contribution in [1.29, 1.82) is 0 Å². The third kappa shape index (κ3) is 2.27. The number of hydrogen-bond acceptors (Lipinski definition) is 6. The van der Waals surface area contributed by atoms with Crippen molar-refractivity contribution in [2.75, 3.05) is 49.2 Å². The van der Waals surface area contributed by atoms with Gasteiger partial charge in [-0.05, 0) is 18.6 Å². The smallest absolute Gasteiger partial charge is 0.224 e. The maximum atomic E-state index is 4.68. The lowest BCUT2D eigenvalue weighted by Gasteiger charge is -2.31. The van der Waals surface area contributed by atoms with Crippen LogP contribution in [0.3, 0.4) is 0 Å². The highest BCUT2D eigenvalue weighted by Crippen LogP contribution is 2.36. The summed E-state index contributed by atoms with van der Waals surface area (Å²) in [7, 11) is 1.89. The van der Waals surface area contributed by atoms with E-state index in [1.54, 1.807) is 0 Å². The molecule has 3 rings (SSSR count). The van der Waals surface area contributed by atoms with Crippen molar-refractivity contribution in [2.45, 2.75) is 17.7 Å². The number of aryl methyl sites for hydroxylation is 1. The molecule has 0 bridgehead atoms. The van der Waals surface area contributed by atoms with Crippen molar-refractivity contribution >= 4 is 23.5 Å². The molecule has 0 saturated carbocycles. The molecule has 2 N–H and O–H groups in total. The van der Waals surface area contributed by atoms with E-state index in [4.69, 9.17) is 0 Å². The Morgan fingerprint density at radius 1 is 1.28 bits per heavy atom. The number of thioether (sulfide) groups is 1. The van der Waals surface area contributed by atoms with Gasteiger partial charge in [-0.2, -0.15) is 4.98 Å². The Hall–Kier alpha value is -1.01. The van der Waals surface area contributed by atoms with E-state index in [-0.39, 0.29) is 0 Å². The molecule has 1 aromatic heterocycles. The molecule has 1 saturated heterocycles. The van der Waals surface area contributed by atoms with E-state index >= 15 is 0 Å². The van der Waals surface area contributed by atoms with Crippen molar-refractivity contribution < 1.29 is 0 Å². The van der Waals surface area contributed by atoms with Crippen LogP contribution in [0.1, 0.15) is 12.1 Å². The SMILES string of the molecule is CNc1nc2c(c(N3CCNCC3)n1)SCCC2. The summed E-state index contributed by atoms with van der Waals surface area (Å²) in [5, 5.41) is 6.47. The minimum absolute atomic E-state index is 0.754. The lowest BCUT2D eigenvalue weighted by Crippen LogP contribution is -2.44. The fourth-order valence-corrected chi connectivity index (χ4v) is 3.53. The average Bonchev–Trinajstić information content (AvgIpc) is 2.47. The lowest BCUT2D eigenvalue weighted by molar-refractivity contribution is 0.580. The van der Waals surface area contributed by atoms with Crippen molar-refractivity contribution in [1.82, 2.24) is 15.3 Å². The Bertz CT molecular complexity index is 431. The number of rotatable bonds is 2. The summed E-state index contributed by atoms with van der Waals surface area (Å²) in [5.41, 5.74) is 1.22. The summed E-state index contributed by atoms with van der Waals surface area (Å²) < 4.78 is 0. The molecule has 3 heterocycles. The predicted octanol–water partition coefficient (Wildman–Crippen LogP) is 0.966. The highest BCUT2D eigenvalue weighted by Gasteiger charge is 2.23. The van der Waals surface area contributed by atoms with Crippen LogP contribution in [0.25, 0.3) is 0 Å². The van der Waals surface area contributed by atoms with Gasteiger partial charge in [-0.15, -0.1) is 11.8 Å². The molecule has 0 aliphatic carbocycles. The summed E-state index contributed by atoms with van der Waals surface area (Å²) in [6.45, 7) is 4.15. The summed E-state index contributed by atoms with van der Waals surface area (Å²) >= 11 is 1.91.